The van der Waals surface area contributed by atoms with Gasteiger partial charge in [-0.3, -0.25) is 4.79 Å². The summed E-state index contributed by atoms with van der Waals surface area (Å²) in [7, 11) is 0. The van der Waals surface area contributed by atoms with Crippen molar-refractivity contribution >= 4 is 21.9 Å². The minimum Gasteiger partial charge on any atom is -0.426 e. The molecule has 0 bridgehead atoms. The maximum Gasteiger partial charge on any atom is 0.315 e. The smallest absolute Gasteiger partial charge is 0.315 e. The van der Waals surface area contributed by atoms with E-state index in [-0.39, 0.29) is 12.4 Å². The summed E-state index contributed by atoms with van der Waals surface area (Å²) in [5.74, 6) is 0.298. The molecule has 0 aromatic heterocycles. The fourth-order valence-electron chi connectivity index (χ4n) is 2.28. The quantitative estimate of drug-likeness (QED) is 0.464. The molecule has 0 N–H and O–H groups in total. The van der Waals surface area contributed by atoms with Gasteiger partial charge in [0.05, 0.1) is 6.42 Å². The molecular weight excluding hydrogens is 352 g/mol. The van der Waals surface area contributed by atoms with Crippen LogP contribution >= 0.6 is 15.9 Å². The second-order valence-electron chi connectivity index (χ2n) is 5.17. The third-order valence-corrected chi connectivity index (χ3v) is 3.98. The van der Waals surface area contributed by atoms with E-state index >= 15 is 0 Å². The fourth-order valence-corrected chi connectivity index (χ4v) is 2.55. The van der Waals surface area contributed by atoms with Crippen LogP contribution in [0.4, 0.5) is 0 Å². The topological polar surface area (TPSA) is 26.3 Å². The van der Waals surface area contributed by atoms with E-state index in [1.54, 1.807) is 0 Å². The molecule has 0 aliphatic rings. The molecule has 0 unspecified atom stereocenters. The molecule has 0 atom stereocenters. The first kappa shape index (κ1) is 15.5. The van der Waals surface area contributed by atoms with E-state index in [2.05, 4.69) is 28.1 Å². The summed E-state index contributed by atoms with van der Waals surface area (Å²) >= 11 is 3.38. The van der Waals surface area contributed by atoms with Gasteiger partial charge < -0.3 is 4.74 Å². The minimum atomic E-state index is -0.264. The lowest BCUT2D eigenvalue weighted by Gasteiger charge is -2.06. The van der Waals surface area contributed by atoms with Crippen molar-refractivity contribution in [3.8, 4) is 16.9 Å². The number of ether oxygens (including phenoxy) is 1. The van der Waals surface area contributed by atoms with Crippen LogP contribution in [0.1, 0.15) is 5.56 Å². The van der Waals surface area contributed by atoms with E-state index in [9.17, 15) is 4.79 Å². The number of esters is 1. The van der Waals surface area contributed by atoms with Gasteiger partial charge in [-0.15, -0.1) is 0 Å². The highest BCUT2D eigenvalue weighted by Crippen LogP contribution is 2.22. The summed E-state index contributed by atoms with van der Waals surface area (Å²) in [5.41, 5.74) is 3.16. The molecule has 0 aliphatic carbocycles. The Balaban J connectivity index is 1.64. The van der Waals surface area contributed by atoms with Crippen LogP contribution in [0.25, 0.3) is 11.1 Å². The lowest BCUT2D eigenvalue weighted by molar-refractivity contribution is -0.133. The molecular formula is C20H15BrO2. The summed E-state index contributed by atoms with van der Waals surface area (Å²) in [4.78, 5) is 12.0. The molecule has 114 valence electrons. The fraction of sp³-hybridized carbons (Fsp3) is 0.0500. The number of rotatable bonds is 4. The van der Waals surface area contributed by atoms with E-state index in [1.165, 1.54) is 0 Å². The molecule has 23 heavy (non-hydrogen) atoms. The zero-order chi connectivity index (χ0) is 16.1. The largest absolute Gasteiger partial charge is 0.426 e. The Morgan fingerprint density at radius 1 is 0.783 bits per heavy atom. The third kappa shape index (κ3) is 4.30. The Bertz CT molecular complexity index is 778. The molecule has 3 rings (SSSR count). The predicted molar refractivity (Wildman–Crippen MR) is 95.4 cm³/mol. The van der Waals surface area contributed by atoms with E-state index in [1.807, 2.05) is 66.7 Å². The number of carbonyl (C=O) groups excluding carboxylic acids is 1. The number of halogens is 1. The Kier molecular flexibility index (Phi) is 4.89. The maximum atomic E-state index is 12.0. The zero-order valence-corrected chi connectivity index (χ0v) is 14.0. The molecule has 3 aromatic carbocycles. The molecule has 2 nitrogen and oxygen atoms in total. The maximum absolute atomic E-state index is 12.0. The van der Waals surface area contributed by atoms with Gasteiger partial charge in [0, 0.05) is 4.47 Å². The van der Waals surface area contributed by atoms with Crippen LogP contribution in [0.15, 0.2) is 83.3 Å². The first-order valence-corrected chi connectivity index (χ1v) is 8.10. The number of hydrogen-bond acceptors (Lipinski definition) is 2. The van der Waals surface area contributed by atoms with Crippen molar-refractivity contribution in [1.29, 1.82) is 0 Å². The van der Waals surface area contributed by atoms with Gasteiger partial charge in [0.25, 0.3) is 0 Å². The van der Waals surface area contributed by atoms with Crippen LogP contribution in [0.2, 0.25) is 0 Å². The first-order valence-electron chi connectivity index (χ1n) is 7.31. The van der Waals surface area contributed by atoms with Gasteiger partial charge in [0.15, 0.2) is 0 Å². The Morgan fingerprint density at radius 3 is 2.04 bits per heavy atom. The SMILES string of the molecule is O=C(Cc1ccc(Br)cc1)Oc1ccc(-c2ccccc2)cc1. The Labute approximate surface area is 143 Å². The van der Waals surface area contributed by atoms with Crippen LogP contribution in [-0.4, -0.2) is 5.97 Å². The standard InChI is InChI=1S/C20H15BrO2/c21-18-10-6-15(7-11-18)14-20(22)23-19-12-8-17(9-13-19)16-4-2-1-3-5-16/h1-13H,14H2. The van der Waals surface area contributed by atoms with Gasteiger partial charge in [-0.2, -0.15) is 0 Å². The monoisotopic (exact) mass is 366 g/mol. The van der Waals surface area contributed by atoms with Crippen molar-refractivity contribution in [3.63, 3.8) is 0 Å². The first-order chi connectivity index (χ1) is 11.2. The predicted octanol–water partition coefficient (Wildman–Crippen LogP) is 5.26. The van der Waals surface area contributed by atoms with Crippen molar-refractivity contribution in [3.05, 3.63) is 88.9 Å². The summed E-state index contributed by atoms with van der Waals surface area (Å²) in [6, 6.07) is 25.3. The molecule has 3 heteroatoms. The lowest BCUT2D eigenvalue weighted by Crippen LogP contribution is -2.11. The van der Waals surface area contributed by atoms with Crippen LogP contribution in [0.3, 0.4) is 0 Å². The van der Waals surface area contributed by atoms with E-state index in [0.29, 0.717) is 5.75 Å². The second kappa shape index (κ2) is 7.25. The van der Waals surface area contributed by atoms with Crippen molar-refractivity contribution in [2.45, 2.75) is 6.42 Å². The lowest BCUT2D eigenvalue weighted by atomic mass is 10.1. The molecule has 0 saturated heterocycles. The van der Waals surface area contributed by atoms with Gasteiger partial charge in [0.2, 0.25) is 0 Å². The molecule has 0 saturated carbocycles. The van der Waals surface area contributed by atoms with E-state index < -0.39 is 0 Å². The molecule has 0 aliphatic heterocycles. The second-order valence-corrected chi connectivity index (χ2v) is 6.08. The third-order valence-electron chi connectivity index (χ3n) is 3.45. The van der Waals surface area contributed by atoms with Crippen LogP contribution in [-0.2, 0) is 11.2 Å². The van der Waals surface area contributed by atoms with Crippen molar-refractivity contribution in [2.24, 2.45) is 0 Å². The normalized spacial score (nSPS) is 10.3. The minimum absolute atomic E-state index is 0.258. The number of benzene rings is 3. The highest BCUT2D eigenvalue weighted by molar-refractivity contribution is 9.10. The van der Waals surface area contributed by atoms with Crippen LogP contribution in [0.5, 0.6) is 5.75 Å². The van der Waals surface area contributed by atoms with Crippen molar-refractivity contribution in [2.75, 3.05) is 0 Å². The van der Waals surface area contributed by atoms with Gasteiger partial charge in [-0.25, -0.2) is 0 Å². The van der Waals surface area contributed by atoms with Gasteiger partial charge in [0.1, 0.15) is 5.75 Å². The average molecular weight is 367 g/mol. The molecule has 0 fully saturated rings. The zero-order valence-electron chi connectivity index (χ0n) is 12.4. The Morgan fingerprint density at radius 2 is 1.39 bits per heavy atom. The van der Waals surface area contributed by atoms with Gasteiger partial charge >= 0.3 is 5.97 Å². The summed E-state index contributed by atoms with van der Waals surface area (Å²) in [5, 5.41) is 0. The van der Waals surface area contributed by atoms with Crippen LogP contribution < -0.4 is 4.74 Å². The molecule has 0 radical (unpaired) electrons. The number of hydrogen-bond donors (Lipinski definition) is 0. The molecule has 0 heterocycles. The van der Waals surface area contributed by atoms with Crippen LogP contribution in [0, 0.1) is 0 Å². The van der Waals surface area contributed by atoms with Gasteiger partial charge in [-0.05, 0) is 41.0 Å². The Hall–Kier alpha value is -2.39. The molecule has 3 aromatic rings. The average Bonchev–Trinajstić information content (AvgIpc) is 2.58. The van der Waals surface area contributed by atoms with Crippen molar-refractivity contribution in [1.82, 2.24) is 0 Å². The molecule has 0 spiro atoms. The van der Waals surface area contributed by atoms with Gasteiger partial charge in [-0.1, -0.05) is 70.5 Å². The highest BCUT2D eigenvalue weighted by atomic mass is 79.9. The number of carbonyl (C=O) groups is 1. The summed E-state index contributed by atoms with van der Waals surface area (Å²) in [6.07, 6.45) is 0.258. The summed E-state index contributed by atoms with van der Waals surface area (Å²) in [6.45, 7) is 0. The molecule has 0 amide bonds. The van der Waals surface area contributed by atoms with Crippen molar-refractivity contribution < 1.29 is 9.53 Å². The van der Waals surface area contributed by atoms with E-state index in [4.69, 9.17) is 4.74 Å². The van der Waals surface area contributed by atoms with E-state index in [0.717, 1.165) is 21.2 Å². The summed E-state index contributed by atoms with van der Waals surface area (Å²) < 4.78 is 6.38. The highest BCUT2D eigenvalue weighted by Gasteiger charge is 2.07.